The van der Waals surface area contributed by atoms with Gasteiger partial charge < -0.3 is 14.2 Å². The van der Waals surface area contributed by atoms with Gasteiger partial charge in [0.15, 0.2) is 0 Å². The van der Waals surface area contributed by atoms with Crippen LogP contribution in [-0.4, -0.2) is 43.4 Å². The fourth-order valence-electron chi connectivity index (χ4n) is 4.51. The van der Waals surface area contributed by atoms with Crippen LogP contribution in [-0.2, 0) is 21.1 Å². The molecule has 0 atom stereocenters. The Hall–Kier alpha value is -0.835. The van der Waals surface area contributed by atoms with Crippen molar-refractivity contribution in [2.24, 2.45) is 0 Å². The molecular weight excluding hydrogens is 297 g/mol. The average molecular weight is 327 g/mol. The molecule has 3 nitrogen and oxygen atoms in total. The van der Waals surface area contributed by atoms with Crippen LogP contribution in [0.25, 0.3) is 0 Å². The zero-order chi connectivity index (χ0) is 17.2. The summed E-state index contributed by atoms with van der Waals surface area (Å²) in [6, 6.07) is 6.94. The summed E-state index contributed by atoms with van der Waals surface area (Å²) >= 11 is 0. The van der Waals surface area contributed by atoms with Crippen molar-refractivity contribution >= 4 is 12.6 Å². The van der Waals surface area contributed by atoms with Crippen molar-refractivity contribution in [3.63, 3.8) is 0 Å². The van der Waals surface area contributed by atoms with Crippen molar-refractivity contribution in [1.82, 2.24) is 4.90 Å². The Kier molecular flexibility index (Phi) is 3.69. The van der Waals surface area contributed by atoms with Crippen molar-refractivity contribution < 1.29 is 9.31 Å². The van der Waals surface area contributed by atoms with E-state index in [1.54, 1.807) is 11.1 Å². The molecule has 0 amide bonds. The van der Waals surface area contributed by atoms with Gasteiger partial charge in [0, 0.05) is 0 Å². The highest BCUT2D eigenvalue weighted by Gasteiger charge is 2.52. The first-order chi connectivity index (χ1) is 11.2. The molecule has 2 aliphatic heterocycles. The molecule has 4 rings (SSSR count). The van der Waals surface area contributed by atoms with Crippen molar-refractivity contribution in [2.75, 3.05) is 20.1 Å². The monoisotopic (exact) mass is 327 g/mol. The minimum Gasteiger partial charge on any atom is -0.399 e. The fraction of sp³-hybridized carbons (Fsp3) is 0.700. The Morgan fingerprint density at radius 2 is 1.58 bits per heavy atom. The first-order valence-corrected chi connectivity index (χ1v) is 9.40. The molecular formula is C20H30BNO2. The van der Waals surface area contributed by atoms with Gasteiger partial charge in [0.2, 0.25) is 0 Å². The van der Waals surface area contributed by atoms with Gasteiger partial charge >= 0.3 is 7.12 Å². The van der Waals surface area contributed by atoms with Crippen LogP contribution < -0.4 is 5.46 Å². The van der Waals surface area contributed by atoms with Gasteiger partial charge in [-0.1, -0.05) is 18.2 Å². The van der Waals surface area contributed by atoms with Gasteiger partial charge in [-0.3, -0.25) is 0 Å². The molecule has 0 radical (unpaired) electrons. The molecule has 2 saturated heterocycles. The summed E-state index contributed by atoms with van der Waals surface area (Å²) in [5.74, 6) is 0. The number of rotatable bonds is 1. The number of benzene rings is 1. The molecule has 4 heteroatoms. The van der Waals surface area contributed by atoms with Crippen LogP contribution in [0.2, 0.25) is 0 Å². The van der Waals surface area contributed by atoms with E-state index in [4.69, 9.17) is 9.31 Å². The number of hydrogen-bond donors (Lipinski definition) is 0. The first kappa shape index (κ1) is 16.6. The number of aryl methyl sites for hydroxylation is 1. The third-order valence-corrected chi connectivity index (χ3v) is 7.05. The van der Waals surface area contributed by atoms with Gasteiger partial charge in [0.05, 0.1) is 11.2 Å². The van der Waals surface area contributed by atoms with E-state index in [2.05, 4.69) is 57.8 Å². The lowest BCUT2D eigenvalue weighted by Crippen LogP contribution is -2.41. The third kappa shape index (κ3) is 2.46. The van der Waals surface area contributed by atoms with Crippen LogP contribution in [0.15, 0.2) is 18.2 Å². The number of likely N-dealkylation sites (tertiary alicyclic amines) is 1. The summed E-state index contributed by atoms with van der Waals surface area (Å²) in [6.07, 6.45) is 5.10. The van der Waals surface area contributed by atoms with Crippen LogP contribution in [0.5, 0.6) is 0 Å². The molecule has 0 aromatic heterocycles. The highest BCUT2D eigenvalue weighted by molar-refractivity contribution is 6.62. The van der Waals surface area contributed by atoms with Gasteiger partial charge in [-0.05, 0) is 95.5 Å². The smallest absolute Gasteiger partial charge is 0.399 e. The average Bonchev–Trinajstić information content (AvgIpc) is 2.97. The van der Waals surface area contributed by atoms with E-state index in [0.29, 0.717) is 5.41 Å². The zero-order valence-electron chi connectivity index (χ0n) is 15.8. The normalized spacial score (nSPS) is 27.6. The molecule has 2 heterocycles. The summed E-state index contributed by atoms with van der Waals surface area (Å²) in [5.41, 5.74) is 4.14. The van der Waals surface area contributed by atoms with Gasteiger partial charge in [0.25, 0.3) is 0 Å². The Morgan fingerprint density at radius 3 is 2.21 bits per heavy atom. The van der Waals surface area contributed by atoms with Gasteiger partial charge in [0.1, 0.15) is 0 Å². The van der Waals surface area contributed by atoms with Crippen LogP contribution in [0.1, 0.15) is 58.1 Å². The predicted octanol–water partition coefficient (Wildman–Crippen LogP) is 2.90. The molecule has 1 aromatic carbocycles. The molecule has 0 saturated carbocycles. The van der Waals surface area contributed by atoms with E-state index in [0.717, 1.165) is 0 Å². The zero-order valence-corrected chi connectivity index (χ0v) is 15.8. The lowest BCUT2D eigenvalue weighted by Gasteiger charge is -2.39. The summed E-state index contributed by atoms with van der Waals surface area (Å²) in [6.45, 7) is 10.9. The quantitative estimate of drug-likeness (QED) is 0.741. The van der Waals surface area contributed by atoms with Crippen LogP contribution in [0.4, 0.5) is 0 Å². The maximum atomic E-state index is 6.27. The molecule has 24 heavy (non-hydrogen) atoms. The number of fused-ring (bicyclic) bond motifs is 2. The largest absolute Gasteiger partial charge is 0.494 e. The summed E-state index contributed by atoms with van der Waals surface area (Å²) in [7, 11) is 1.99. The number of hydrogen-bond acceptors (Lipinski definition) is 3. The van der Waals surface area contributed by atoms with Gasteiger partial charge in [-0.15, -0.1) is 0 Å². The fourth-order valence-corrected chi connectivity index (χ4v) is 4.51. The highest BCUT2D eigenvalue weighted by atomic mass is 16.7. The Balaban J connectivity index is 1.65. The SMILES string of the molecule is CN1CCC2(CCc3ccc(B4OC(C)(C)C(C)(C)O4)cc32)CC1. The molecule has 0 bridgehead atoms. The third-order valence-electron chi connectivity index (χ3n) is 7.05. The van der Waals surface area contributed by atoms with E-state index in [1.807, 2.05) is 0 Å². The van der Waals surface area contributed by atoms with Crippen molar-refractivity contribution in [3.05, 3.63) is 29.3 Å². The summed E-state index contributed by atoms with van der Waals surface area (Å²) in [5, 5.41) is 0. The van der Waals surface area contributed by atoms with Crippen LogP contribution in [0.3, 0.4) is 0 Å². The standard InChI is InChI=1S/C20H30BNO2/c1-18(2)19(3,4)24-21(23-18)16-7-6-15-8-9-20(17(15)14-16)10-12-22(5)13-11-20/h6-7,14H,8-13H2,1-5H3. The molecule has 1 aromatic rings. The molecule has 3 aliphatic rings. The van der Waals surface area contributed by atoms with Crippen LogP contribution >= 0.6 is 0 Å². The number of nitrogens with zero attached hydrogens (tertiary/aromatic N) is 1. The van der Waals surface area contributed by atoms with E-state index in [1.165, 1.54) is 44.2 Å². The van der Waals surface area contributed by atoms with Crippen LogP contribution in [0, 0.1) is 0 Å². The Morgan fingerprint density at radius 1 is 0.958 bits per heavy atom. The maximum Gasteiger partial charge on any atom is 0.494 e. The van der Waals surface area contributed by atoms with Crippen molar-refractivity contribution in [1.29, 1.82) is 0 Å². The number of piperidine rings is 1. The molecule has 0 N–H and O–H groups in total. The maximum absolute atomic E-state index is 6.27. The second-order valence-electron chi connectivity index (χ2n) is 9.09. The molecule has 130 valence electrons. The van der Waals surface area contributed by atoms with E-state index in [-0.39, 0.29) is 18.3 Å². The molecule has 0 unspecified atom stereocenters. The lowest BCUT2D eigenvalue weighted by molar-refractivity contribution is 0.00578. The molecule has 1 spiro atoms. The lowest BCUT2D eigenvalue weighted by atomic mass is 9.70. The predicted molar refractivity (Wildman–Crippen MR) is 98.9 cm³/mol. The van der Waals surface area contributed by atoms with Crippen molar-refractivity contribution in [2.45, 2.75) is 70.0 Å². The second-order valence-corrected chi connectivity index (χ2v) is 9.09. The topological polar surface area (TPSA) is 21.7 Å². The highest BCUT2D eigenvalue weighted by Crippen LogP contribution is 2.46. The second kappa shape index (κ2) is 5.33. The summed E-state index contributed by atoms with van der Waals surface area (Å²) in [4.78, 5) is 2.46. The minimum atomic E-state index is -0.276. The Bertz CT molecular complexity index is 631. The Labute approximate surface area is 146 Å². The van der Waals surface area contributed by atoms with E-state index in [9.17, 15) is 0 Å². The molecule has 2 fully saturated rings. The summed E-state index contributed by atoms with van der Waals surface area (Å²) < 4.78 is 12.5. The molecule has 1 aliphatic carbocycles. The van der Waals surface area contributed by atoms with Gasteiger partial charge in [-0.25, -0.2) is 0 Å². The van der Waals surface area contributed by atoms with Crippen molar-refractivity contribution in [3.8, 4) is 0 Å². The minimum absolute atomic E-state index is 0.246. The first-order valence-electron chi connectivity index (χ1n) is 9.40. The van der Waals surface area contributed by atoms with E-state index < -0.39 is 0 Å². The van der Waals surface area contributed by atoms with Gasteiger partial charge in [-0.2, -0.15) is 0 Å². The van der Waals surface area contributed by atoms with E-state index >= 15 is 0 Å².